The molecule has 4 N–H and O–H groups in total. The number of carbonyl (C=O) groups is 4. The first kappa shape index (κ1) is 64.5. The summed E-state index contributed by atoms with van der Waals surface area (Å²) < 4.78 is 79.2. The lowest BCUT2D eigenvalue weighted by Crippen LogP contribution is -2.48. The normalized spacial score (nSPS) is 15.3. The Labute approximate surface area is 435 Å². The molecule has 20 nitrogen and oxygen atoms in total. The summed E-state index contributed by atoms with van der Waals surface area (Å²) in [7, 11) is -7.47. The number of hydrogen-bond acceptors (Lipinski definition) is 14. The summed E-state index contributed by atoms with van der Waals surface area (Å²) in [4.78, 5) is 49.0. The van der Waals surface area contributed by atoms with Crippen molar-refractivity contribution in [3.8, 4) is 0 Å². The molecule has 416 valence electrons. The smallest absolute Gasteiger partial charge is 0.246 e. The Morgan fingerprint density at radius 1 is 0.616 bits per heavy atom. The Balaban J connectivity index is 0.000000376. The molecule has 4 amide bonds. The van der Waals surface area contributed by atoms with Gasteiger partial charge in [-0.25, -0.2) is 25.3 Å². The summed E-state index contributed by atoms with van der Waals surface area (Å²) in [6.07, 6.45) is 1.85. The van der Waals surface area contributed by atoms with Crippen molar-refractivity contribution in [2.24, 2.45) is 25.9 Å². The highest BCUT2D eigenvalue weighted by atomic mass is 32.2. The van der Waals surface area contributed by atoms with Crippen LogP contribution in [-0.4, -0.2) is 111 Å². The van der Waals surface area contributed by atoms with Crippen molar-refractivity contribution in [1.29, 1.82) is 0 Å². The van der Waals surface area contributed by atoms with Crippen LogP contribution in [0.3, 0.4) is 0 Å². The van der Waals surface area contributed by atoms with Crippen molar-refractivity contribution >= 4 is 70.6 Å². The molecule has 0 spiro atoms. The van der Waals surface area contributed by atoms with Gasteiger partial charge in [-0.1, -0.05) is 95.2 Å². The standard InChI is InChI=1S/C17H28N4O4S.C17H31N3O3S.C16H28N2O4S/c1-16(2,3)12-9-13(21(6)20-12)19-15(23)17(4,5)26(24,25)10-11-7-8-14(22)18-11;1-12(2)9-10-24(22,23)17(6,7)15(21)18-14-11-13(16(3,4)5)19-20(14)8;1-11(2)8-9-23(20,21)16(6,7)14(19)17-13-10-12(22-18-13)15(3,4)5/h9,11H,7-8,10H2,1-6H3,(H,18,22)(H,19,23);11-12H,9-10H2,1-8H3,(H,18,21);10-11H,8-9H2,1-7H3,(H,17,18,19)/t11-;;/m1../s1. The van der Waals surface area contributed by atoms with Crippen LogP contribution in [-0.2, 0) is 79.0 Å². The number of rotatable bonds is 17. The van der Waals surface area contributed by atoms with E-state index in [0.29, 0.717) is 43.1 Å². The summed E-state index contributed by atoms with van der Waals surface area (Å²) in [6, 6.07) is 4.71. The Morgan fingerprint density at radius 2 is 0.986 bits per heavy atom. The quantitative estimate of drug-likeness (QED) is 0.104. The molecule has 1 fully saturated rings. The van der Waals surface area contributed by atoms with Crippen molar-refractivity contribution in [2.75, 3.05) is 33.2 Å². The molecule has 3 aromatic heterocycles. The van der Waals surface area contributed by atoms with E-state index in [1.165, 1.54) is 46.2 Å². The summed E-state index contributed by atoms with van der Waals surface area (Å²) in [6.45, 7) is 34.3. The second-order valence-corrected chi connectivity index (χ2v) is 32.3. The van der Waals surface area contributed by atoms with Gasteiger partial charge in [0.05, 0.1) is 28.6 Å². The lowest BCUT2D eigenvalue weighted by Gasteiger charge is -2.25. The molecule has 4 heterocycles. The molecule has 1 atom stereocenters. The molecule has 0 aliphatic carbocycles. The van der Waals surface area contributed by atoms with Crippen molar-refractivity contribution in [3.05, 3.63) is 35.3 Å². The monoisotopic (exact) mass is 1090 g/mol. The number of carbonyl (C=O) groups excluding carboxylic acids is 4. The molecule has 0 unspecified atom stereocenters. The van der Waals surface area contributed by atoms with Gasteiger partial charge in [-0.2, -0.15) is 10.2 Å². The first-order valence-electron chi connectivity index (χ1n) is 24.7. The predicted octanol–water partition coefficient (Wildman–Crippen LogP) is 7.17. The summed E-state index contributed by atoms with van der Waals surface area (Å²) in [5, 5.41) is 23.1. The summed E-state index contributed by atoms with van der Waals surface area (Å²) in [5.74, 6) is 0.138. The zero-order valence-corrected chi connectivity index (χ0v) is 49.8. The molecule has 3 aromatic rings. The lowest BCUT2D eigenvalue weighted by molar-refractivity contribution is -0.119. The van der Waals surface area contributed by atoms with Gasteiger partial charge in [-0.15, -0.1) is 0 Å². The zero-order chi connectivity index (χ0) is 56.9. The number of nitrogens with zero attached hydrogens (tertiary/aromatic N) is 5. The van der Waals surface area contributed by atoms with Gasteiger partial charge in [0.25, 0.3) is 0 Å². The topological polar surface area (TPSA) is 280 Å². The third-order valence-electron chi connectivity index (χ3n) is 12.7. The molecule has 0 radical (unpaired) electrons. The zero-order valence-electron chi connectivity index (χ0n) is 47.4. The molecule has 1 saturated heterocycles. The van der Waals surface area contributed by atoms with Crippen LogP contribution in [0.15, 0.2) is 22.7 Å². The van der Waals surface area contributed by atoms with E-state index < -0.39 is 67.5 Å². The van der Waals surface area contributed by atoms with Crippen LogP contribution >= 0.6 is 0 Å². The molecular weight excluding hydrogens is 999 g/mol. The summed E-state index contributed by atoms with van der Waals surface area (Å²) >= 11 is 0. The van der Waals surface area contributed by atoms with E-state index in [4.69, 9.17) is 4.52 Å². The van der Waals surface area contributed by atoms with E-state index in [0.717, 1.165) is 11.4 Å². The van der Waals surface area contributed by atoms with Crippen molar-refractivity contribution in [2.45, 2.75) is 194 Å². The number of aromatic nitrogens is 5. The maximum Gasteiger partial charge on any atom is 0.246 e. The second kappa shape index (κ2) is 23.5. The third kappa shape index (κ3) is 17.2. The van der Waals surface area contributed by atoms with Crippen LogP contribution in [0.2, 0.25) is 0 Å². The fourth-order valence-corrected chi connectivity index (χ4v) is 11.2. The number of hydrogen-bond donors (Lipinski definition) is 4. The molecule has 0 bridgehead atoms. The largest absolute Gasteiger partial charge is 0.359 e. The highest BCUT2D eigenvalue weighted by Gasteiger charge is 2.45. The molecular formula is C50H87N9O11S3. The summed E-state index contributed by atoms with van der Waals surface area (Å²) in [5.41, 5.74) is 1.04. The minimum absolute atomic E-state index is 0.00369. The Bertz CT molecular complexity index is 2760. The van der Waals surface area contributed by atoms with E-state index >= 15 is 0 Å². The predicted molar refractivity (Wildman–Crippen MR) is 289 cm³/mol. The first-order valence-corrected chi connectivity index (χ1v) is 29.6. The van der Waals surface area contributed by atoms with E-state index in [9.17, 15) is 44.4 Å². The molecule has 0 saturated carbocycles. The number of anilines is 3. The van der Waals surface area contributed by atoms with Gasteiger partial charge in [0, 0.05) is 61.0 Å². The van der Waals surface area contributed by atoms with Crippen molar-refractivity contribution in [1.82, 2.24) is 30.0 Å². The van der Waals surface area contributed by atoms with E-state index in [-0.39, 0.29) is 57.1 Å². The van der Waals surface area contributed by atoms with Gasteiger partial charge >= 0.3 is 0 Å². The minimum Gasteiger partial charge on any atom is -0.359 e. The van der Waals surface area contributed by atoms with Gasteiger partial charge in [0.1, 0.15) is 31.6 Å². The van der Waals surface area contributed by atoms with Crippen LogP contribution in [0.1, 0.15) is 174 Å². The fourth-order valence-electron chi connectivity index (χ4n) is 6.38. The SMILES string of the molecule is CC(C)CCS(=O)(=O)C(C)(C)C(=O)Nc1cc(C(C)(C)C)nn1C.CC(C)CCS(=O)(=O)C(C)(C)C(=O)Nc1cc(C(C)(C)C)on1.Cn1nc(C(C)(C)C)cc1NC(=O)C(C)(C)S(=O)(=O)C[C@H]1CCC(=O)N1. The van der Waals surface area contributed by atoms with E-state index in [1.807, 2.05) is 90.0 Å². The van der Waals surface area contributed by atoms with Crippen molar-refractivity contribution < 1.29 is 49.0 Å². The first-order chi connectivity index (χ1) is 32.7. The molecule has 73 heavy (non-hydrogen) atoms. The molecule has 4 rings (SSSR count). The van der Waals surface area contributed by atoms with Crippen molar-refractivity contribution in [3.63, 3.8) is 0 Å². The highest BCUT2D eigenvalue weighted by molar-refractivity contribution is 7.94. The Morgan fingerprint density at radius 3 is 1.29 bits per heavy atom. The van der Waals surface area contributed by atoms with Gasteiger partial charge in [-0.3, -0.25) is 28.5 Å². The Kier molecular flexibility index (Phi) is 20.8. The fraction of sp³-hybridized carbons (Fsp3) is 0.740. The van der Waals surface area contributed by atoms with Gasteiger partial charge in [-0.05, 0) is 72.6 Å². The second-order valence-electron chi connectivity index (χ2n) is 24.4. The Hall–Kier alpha value is -4.64. The average Bonchev–Trinajstić information content (AvgIpc) is 4.04. The number of sulfone groups is 3. The maximum atomic E-state index is 12.8. The number of nitrogens with one attached hydrogen (secondary N) is 4. The van der Waals surface area contributed by atoms with Gasteiger partial charge < -0.3 is 25.8 Å². The van der Waals surface area contributed by atoms with Crippen LogP contribution in [0, 0.1) is 11.8 Å². The molecule has 1 aliphatic heterocycles. The molecule has 1 aliphatic rings. The lowest BCUT2D eigenvalue weighted by atomic mass is 9.92. The number of aryl methyl sites for hydroxylation is 2. The van der Waals surface area contributed by atoms with Gasteiger partial charge in [0.15, 0.2) is 35.3 Å². The van der Waals surface area contributed by atoms with E-state index in [2.05, 4.69) is 36.6 Å². The highest BCUT2D eigenvalue weighted by Crippen LogP contribution is 2.30. The van der Waals surface area contributed by atoms with Crippen LogP contribution < -0.4 is 21.3 Å². The van der Waals surface area contributed by atoms with E-state index in [1.54, 1.807) is 37.0 Å². The molecule has 0 aromatic carbocycles. The maximum absolute atomic E-state index is 12.8. The van der Waals surface area contributed by atoms with Crippen LogP contribution in [0.25, 0.3) is 0 Å². The van der Waals surface area contributed by atoms with Gasteiger partial charge in [0.2, 0.25) is 23.6 Å². The third-order valence-corrected chi connectivity index (χ3v) is 20.3. The number of amides is 4. The van der Waals surface area contributed by atoms with Crippen LogP contribution in [0.4, 0.5) is 17.5 Å². The molecule has 23 heteroatoms. The minimum atomic E-state index is -3.78. The average molecular weight is 1090 g/mol. The van der Waals surface area contributed by atoms with Crippen LogP contribution in [0.5, 0.6) is 0 Å².